The Balaban J connectivity index is 0.00000400. The van der Waals surface area contributed by atoms with E-state index in [-0.39, 0.29) is 24.2 Å². The van der Waals surface area contributed by atoms with Gasteiger partial charge in [-0.25, -0.2) is 0 Å². The number of nitrogens with one attached hydrogen (secondary N) is 2. The van der Waals surface area contributed by atoms with E-state index in [1.54, 1.807) is 14.2 Å². The highest BCUT2D eigenvalue weighted by Gasteiger charge is 2.11. The van der Waals surface area contributed by atoms with E-state index in [9.17, 15) is 4.79 Å². The fraction of sp³-hybridized carbons (Fsp3) is 0.533. The number of benzene rings is 1. The van der Waals surface area contributed by atoms with Crippen molar-refractivity contribution in [1.82, 2.24) is 10.6 Å². The molecule has 1 amide bonds. The summed E-state index contributed by atoms with van der Waals surface area (Å²) in [7, 11) is 5.07. The maximum absolute atomic E-state index is 11.8. The Morgan fingerprint density at radius 3 is 2.48 bits per heavy atom. The average molecular weight is 317 g/mol. The Morgan fingerprint density at radius 1 is 1.24 bits per heavy atom. The van der Waals surface area contributed by atoms with Crippen LogP contribution in [0, 0.1) is 5.92 Å². The minimum atomic E-state index is -0.0228. The van der Waals surface area contributed by atoms with Gasteiger partial charge in [-0.2, -0.15) is 0 Å². The molecule has 6 heteroatoms. The van der Waals surface area contributed by atoms with Gasteiger partial charge in [-0.15, -0.1) is 12.4 Å². The summed E-state index contributed by atoms with van der Waals surface area (Å²) < 4.78 is 10.4. The smallest absolute Gasteiger partial charge is 0.224 e. The monoisotopic (exact) mass is 316 g/mol. The van der Waals surface area contributed by atoms with Crippen LogP contribution in [0.1, 0.15) is 12.5 Å². The van der Waals surface area contributed by atoms with Crippen LogP contribution in [0.2, 0.25) is 0 Å². The lowest BCUT2D eigenvalue weighted by Crippen LogP contribution is -2.35. The number of ether oxygens (including phenoxy) is 2. The van der Waals surface area contributed by atoms with Crippen molar-refractivity contribution in [2.24, 2.45) is 5.92 Å². The number of amides is 1. The number of methoxy groups -OCH3 is 2. The van der Waals surface area contributed by atoms with Gasteiger partial charge in [0.2, 0.25) is 5.91 Å². The van der Waals surface area contributed by atoms with Gasteiger partial charge in [0.25, 0.3) is 0 Å². The Hall–Kier alpha value is -1.46. The van der Waals surface area contributed by atoms with Crippen molar-refractivity contribution < 1.29 is 14.3 Å². The molecule has 0 spiro atoms. The van der Waals surface area contributed by atoms with Crippen molar-refractivity contribution in [3.8, 4) is 11.5 Å². The zero-order valence-corrected chi connectivity index (χ0v) is 13.9. The van der Waals surface area contributed by atoms with Crippen molar-refractivity contribution in [1.29, 1.82) is 0 Å². The molecule has 0 aliphatic heterocycles. The normalized spacial score (nSPS) is 11.2. The number of carbonyl (C=O) groups is 1. The predicted molar refractivity (Wildman–Crippen MR) is 86.6 cm³/mol. The molecule has 1 aromatic carbocycles. The van der Waals surface area contributed by atoms with Crippen LogP contribution < -0.4 is 20.1 Å². The van der Waals surface area contributed by atoms with Crippen molar-refractivity contribution in [3.63, 3.8) is 0 Å². The molecule has 1 rings (SSSR count). The number of hydrogen-bond donors (Lipinski definition) is 2. The topological polar surface area (TPSA) is 59.6 Å². The third-order valence-electron chi connectivity index (χ3n) is 3.12. The number of rotatable bonds is 8. The maximum atomic E-state index is 11.8. The van der Waals surface area contributed by atoms with E-state index in [0.717, 1.165) is 12.0 Å². The molecule has 0 aliphatic rings. The molecule has 5 nitrogen and oxygen atoms in total. The Bertz CT molecular complexity index is 441. The predicted octanol–water partition coefficient (Wildman–Crippen LogP) is 1.64. The molecule has 0 saturated carbocycles. The first-order chi connectivity index (χ1) is 9.62. The van der Waals surface area contributed by atoms with Gasteiger partial charge >= 0.3 is 0 Å². The second-order valence-corrected chi connectivity index (χ2v) is 4.69. The molecule has 1 unspecified atom stereocenters. The lowest BCUT2D eigenvalue weighted by atomic mass is 10.1. The summed E-state index contributed by atoms with van der Waals surface area (Å²) in [6.45, 7) is 3.20. The average Bonchev–Trinajstić information content (AvgIpc) is 2.47. The van der Waals surface area contributed by atoms with E-state index in [2.05, 4.69) is 10.6 Å². The molecule has 0 aliphatic carbocycles. The molecule has 0 saturated heterocycles. The molecule has 0 bridgehead atoms. The molecule has 120 valence electrons. The molecule has 0 heterocycles. The third kappa shape index (κ3) is 6.23. The van der Waals surface area contributed by atoms with Crippen LogP contribution in [-0.2, 0) is 11.2 Å². The Labute approximate surface area is 132 Å². The fourth-order valence-electron chi connectivity index (χ4n) is 1.94. The lowest BCUT2D eigenvalue weighted by molar-refractivity contribution is -0.124. The standard InChI is InChI=1S/C15H24N2O3.ClH/c1-11(10-16-2)15(18)17-8-7-12-5-6-13(19-3)14(9-12)20-4;/h5-6,9,11,16H,7-8,10H2,1-4H3,(H,17,18);1H. The second kappa shape index (κ2) is 10.3. The van der Waals surface area contributed by atoms with Crippen molar-refractivity contribution in [2.75, 3.05) is 34.4 Å². The van der Waals surface area contributed by atoms with Crippen LogP contribution in [0.25, 0.3) is 0 Å². The molecule has 0 aromatic heterocycles. The fourth-order valence-corrected chi connectivity index (χ4v) is 1.94. The van der Waals surface area contributed by atoms with Crippen LogP contribution >= 0.6 is 12.4 Å². The van der Waals surface area contributed by atoms with Crippen molar-refractivity contribution in [2.45, 2.75) is 13.3 Å². The summed E-state index contributed by atoms with van der Waals surface area (Å²) in [6, 6.07) is 5.78. The maximum Gasteiger partial charge on any atom is 0.224 e. The Kier molecular flexibility index (Phi) is 9.58. The van der Waals surface area contributed by atoms with Crippen LogP contribution in [0.3, 0.4) is 0 Å². The minimum Gasteiger partial charge on any atom is -0.493 e. The minimum absolute atomic E-state index is 0. The van der Waals surface area contributed by atoms with Crippen LogP contribution in [0.5, 0.6) is 11.5 Å². The van der Waals surface area contributed by atoms with E-state index in [1.165, 1.54) is 0 Å². The highest BCUT2D eigenvalue weighted by Crippen LogP contribution is 2.27. The first kappa shape index (κ1) is 19.5. The van der Waals surface area contributed by atoms with Gasteiger partial charge in [-0.3, -0.25) is 4.79 Å². The first-order valence-electron chi connectivity index (χ1n) is 6.75. The van der Waals surface area contributed by atoms with Gasteiger partial charge in [-0.1, -0.05) is 13.0 Å². The van der Waals surface area contributed by atoms with Crippen molar-refractivity contribution >= 4 is 18.3 Å². The van der Waals surface area contributed by atoms with Crippen molar-refractivity contribution in [3.05, 3.63) is 23.8 Å². The highest BCUT2D eigenvalue weighted by molar-refractivity contribution is 5.85. The van der Waals surface area contributed by atoms with E-state index >= 15 is 0 Å². The molecular weight excluding hydrogens is 292 g/mol. The van der Waals surface area contributed by atoms with Crippen LogP contribution in [0.15, 0.2) is 18.2 Å². The lowest BCUT2D eigenvalue weighted by Gasteiger charge is -2.12. The van der Waals surface area contributed by atoms with Crippen LogP contribution in [-0.4, -0.2) is 40.3 Å². The summed E-state index contributed by atoms with van der Waals surface area (Å²) in [5.41, 5.74) is 1.10. The summed E-state index contributed by atoms with van der Waals surface area (Å²) in [5.74, 6) is 1.47. The summed E-state index contributed by atoms with van der Waals surface area (Å²) in [4.78, 5) is 11.8. The molecule has 21 heavy (non-hydrogen) atoms. The zero-order valence-electron chi connectivity index (χ0n) is 13.1. The molecule has 0 fully saturated rings. The highest BCUT2D eigenvalue weighted by atomic mass is 35.5. The quantitative estimate of drug-likeness (QED) is 0.765. The van der Waals surface area contributed by atoms with Gasteiger partial charge in [0.05, 0.1) is 14.2 Å². The molecule has 2 N–H and O–H groups in total. The number of halogens is 1. The number of carbonyl (C=O) groups excluding carboxylic acids is 1. The molecular formula is C15H25ClN2O3. The number of hydrogen-bond acceptors (Lipinski definition) is 4. The van der Waals surface area contributed by atoms with Crippen LogP contribution in [0.4, 0.5) is 0 Å². The third-order valence-corrected chi connectivity index (χ3v) is 3.12. The summed E-state index contributed by atoms with van der Waals surface area (Å²) >= 11 is 0. The molecule has 0 radical (unpaired) electrons. The molecule has 1 atom stereocenters. The SMILES string of the molecule is CNCC(C)C(=O)NCCc1ccc(OC)c(OC)c1.Cl. The second-order valence-electron chi connectivity index (χ2n) is 4.69. The summed E-state index contributed by atoms with van der Waals surface area (Å²) in [6.07, 6.45) is 0.762. The van der Waals surface area contributed by atoms with Gasteiger partial charge in [0, 0.05) is 19.0 Å². The van der Waals surface area contributed by atoms with Gasteiger partial charge in [0.15, 0.2) is 11.5 Å². The first-order valence-corrected chi connectivity index (χ1v) is 6.75. The van der Waals surface area contributed by atoms with E-state index < -0.39 is 0 Å². The Morgan fingerprint density at radius 2 is 1.90 bits per heavy atom. The van der Waals surface area contributed by atoms with Gasteiger partial charge < -0.3 is 20.1 Å². The summed E-state index contributed by atoms with van der Waals surface area (Å²) in [5, 5.41) is 5.92. The van der Waals surface area contributed by atoms with Gasteiger partial charge in [-0.05, 0) is 31.2 Å². The molecule has 1 aromatic rings. The van der Waals surface area contributed by atoms with E-state index in [4.69, 9.17) is 9.47 Å². The van der Waals surface area contributed by atoms with Gasteiger partial charge in [0.1, 0.15) is 0 Å². The zero-order chi connectivity index (χ0) is 15.0. The van der Waals surface area contributed by atoms with E-state index in [1.807, 2.05) is 32.2 Å². The van der Waals surface area contributed by atoms with E-state index in [0.29, 0.717) is 24.6 Å². The largest absolute Gasteiger partial charge is 0.493 e.